The van der Waals surface area contributed by atoms with Crippen molar-refractivity contribution in [3.63, 3.8) is 0 Å². The average Bonchev–Trinajstić information content (AvgIpc) is 2.16. The van der Waals surface area contributed by atoms with Crippen LogP contribution in [0.2, 0.25) is 0 Å². The molecule has 2 nitrogen and oxygen atoms in total. The lowest BCUT2D eigenvalue weighted by atomic mass is 10.0. The molecule has 0 saturated carbocycles. The van der Waals surface area contributed by atoms with Gasteiger partial charge in [0.25, 0.3) is 0 Å². The second-order valence-corrected chi connectivity index (χ2v) is 4.59. The first-order valence-electron chi connectivity index (χ1n) is 5.75. The highest BCUT2D eigenvalue weighted by atomic mass is 16.5. The van der Waals surface area contributed by atoms with E-state index in [1.165, 1.54) is 0 Å². The summed E-state index contributed by atoms with van der Waals surface area (Å²) in [5.74, 6) is 0.224. The van der Waals surface area contributed by atoms with Crippen molar-refractivity contribution < 1.29 is 9.53 Å². The van der Waals surface area contributed by atoms with Crippen LogP contribution >= 0.6 is 0 Å². The fourth-order valence-electron chi connectivity index (χ4n) is 1.69. The van der Waals surface area contributed by atoms with E-state index in [1.807, 2.05) is 52.0 Å². The molecule has 0 spiro atoms. The minimum absolute atomic E-state index is 0.120. The van der Waals surface area contributed by atoms with Gasteiger partial charge >= 0.3 is 5.97 Å². The van der Waals surface area contributed by atoms with E-state index in [4.69, 9.17) is 4.74 Å². The zero-order valence-corrected chi connectivity index (χ0v) is 10.5. The molecule has 0 aliphatic rings. The molecule has 0 aliphatic heterocycles. The normalized spacial score (nSPS) is 12.6. The van der Waals surface area contributed by atoms with Gasteiger partial charge in [0.05, 0.1) is 0 Å². The predicted molar refractivity (Wildman–Crippen MR) is 65.1 cm³/mol. The van der Waals surface area contributed by atoms with E-state index in [-0.39, 0.29) is 12.1 Å². The van der Waals surface area contributed by atoms with E-state index < -0.39 is 0 Å². The summed E-state index contributed by atoms with van der Waals surface area (Å²) in [4.78, 5) is 11.5. The molecular formula is C14H20O2. The van der Waals surface area contributed by atoms with Gasteiger partial charge in [-0.25, -0.2) is 0 Å². The molecule has 0 saturated heterocycles. The van der Waals surface area contributed by atoms with Crippen LogP contribution in [0.25, 0.3) is 0 Å². The maximum Gasteiger partial charge on any atom is 0.306 e. The Labute approximate surface area is 97.6 Å². The van der Waals surface area contributed by atoms with Crippen molar-refractivity contribution in [1.29, 1.82) is 0 Å². The summed E-state index contributed by atoms with van der Waals surface area (Å²) < 4.78 is 5.39. The molecule has 1 rings (SSSR count). The van der Waals surface area contributed by atoms with Crippen molar-refractivity contribution in [2.24, 2.45) is 5.92 Å². The molecule has 1 atom stereocenters. The van der Waals surface area contributed by atoms with Crippen LogP contribution < -0.4 is 0 Å². The number of carbonyl (C=O) groups is 1. The topological polar surface area (TPSA) is 26.3 Å². The van der Waals surface area contributed by atoms with E-state index >= 15 is 0 Å². The first kappa shape index (κ1) is 12.8. The summed E-state index contributed by atoms with van der Waals surface area (Å²) in [5.41, 5.74) is 2.24. The molecule has 0 aromatic heterocycles. The molecule has 1 unspecified atom stereocenters. The number of benzene rings is 1. The first-order valence-corrected chi connectivity index (χ1v) is 5.75. The smallest absolute Gasteiger partial charge is 0.306 e. The van der Waals surface area contributed by atoms with Crippen molar-refractivity contribution in [2.45, 2.75) is 40.2 Å². The number of aryl methyl sites for hydroxylation is 1. The van der Waals surface area contributed by atoms with Crippen LogP contribution in [0.3, 0.4) is 0 Å². The predicted octanol–water partition coefficient (Wildman–Crippen LogP) is 3.65. The molecule has 0 fully saturated rings. The third-order valence-electron chi connectivity index (χ3n) is 2.51. The Hall–Kier alpha value is -1.31. The third-order valence-corrected chi connectivity index (χ3v) is 2.51. The summed E-state index contributed by atoms with van der Waals surface area (Å²) in [7, 11) is 0. The Morgan fingerprint density at radius 3 is 2.44 bits per heavy atom. The molecule has 0 bridgehead atoms. The molecule has 16 heavy (non-hydrogen) atoms. The van der Waals surface area contributed by atoms with Gasteiger partial charge in [0, 0.05) is 6.42 Å². The lowest BCUT2D eigenvalue weighted by molar-refractivity contribution is -0.149. The Kier molecular flexibility index (Phi) is 4.53. The summed E-state index contributed by atoms with van der Waals surface area (Å²) >= 11 is 0. The summed E-state index contributed by atoms with van der Waals surface area (Å²) in [5, 5.41) is 0. The molecule has 0 radical (unpaired) electrons. The number of esters is 1. The van der Waals surface area contributed by atoms with Gasteiger partial charge < -0.3 is 4.74 Å². The Morgan fingerprint density at radius 2 is 1.88 bits per heavy atom. The zero-order chi connectivity index (χ0) is 12.1. The molecule has 2 heteroatoms. The number of carbonyl (C=O) groups excluding carboxylic acids is 1. The van der Waals surface area contributed by atoms with Crippen molar-refractivity contribution in [2.75, 3.05) is 0 Å². The van der Waals surface area contributed by atoms with Crippen molar-refractivity contribution in [1.82, 2.24) is 0 Å². The summed E-state index contributed by atoms with van der Waals surface area (Å²) in [6.07, 6.45) is 0.323. The van der Waals surface area contributed by atoms with Crippen LogP contribution in [0, 0.1) is 12.8 Å². The molecule has 0 heterocycles. The standard InChI is InChI=1S/C14H20O2/c1-10(2)9-14(15)16-12(4)13-8-6-5-7-11(13)3/h5-8,10,12H,9H2,1-4H3. The first-order chi connectivity index (χ1) is 7.50. The molecule has 1 aromatic carbocycles. The summed E-state index contributed by atoms with van der Waals surface area (Å²) in [6.45, 7) is 7.97. The van der Waals surface area contributed by atoms with Gasteiger partial charge in [0.1, 0.15) is 6.10 Å². The number of rotatable bonds is 4. The van der Waals surface area contributed by atoms with Crippen molar-refractivity contribution >= 4 is 5.97 Å². The lowest BCUT2D eigenvalue weighted by Crippen LogP contribution is -2.11. The Balaban J connectivity index is 2.62. The summed E-state index contributed by atoms with van der Waals surface area (Å²) in [6, 6.07) is 7.99. The monoisotopic (exact) mass is 220 g/mol. The minimum Gasteiger partial charge on any atom is -0.458 e. The maximum atomic E-state index is 11.5. The van der Waals surface area contributed by atoms with Crippen LogP contribution in [-0.2, 0) is 9.53 Å². The van der Waals surface area contributed by atoms with Crippen LogP contribution in [0.15, 0.2) is 24.3 Å². The van der Waals surface area contributed by atoms with Gasteiger partial charge in [-0.15, -0.1) is 0 Å². The second-order valence-electron chi connectivity index (χ2n) is 4.59. The van der Waals surface area contributed by atoms with Crippen LogP contribution in [-0.4, -0.2) is 5.97 Å². The van der Waals surface area contributed by atoms with Crippen LogP contribution in [0.4, 0.5) is 0 Å². The number of hydrogen-bond acceptors (Lipinski definition) is 2. The average molecular weight is 220 g/mol. The largest absolute Gasteiger partial charge is 0.458 e. The van der Waals surface area contributed by atoms with Gasteiger partial charge in [0.15, 0.2) is 0 Å². The van der Waals surface area contributed by atoms with Gasteiger partial charge in [-0.05, 0) is 30.9 Å². The Morgan fingerprint density at radius 1 is 1.25 bits per heavy atom. The SMILES string of the molecule is Cc1ccccc1C(C)OC(=O)CC(C)C. The fraction of sp³-hybridized carbons (Fsp3) is 0.500. The number of hydrogen-bond donors (Lipinski definition) is 0. The van der Waals surface area contributed by atoms with Gasteiger partial charge in [-0.2, -0.15) is 0 Å². The van der Waals surface area contributed by atoms with E-state index in [0.29, 0.717) is 12.3 Å². The quantitative estimate of drug-likeness (QED) is 0.724. The Bertz CT molecular complexity index is 356. The minimum atomic E-state index is -0.160. The van der Waals surface area contributed by atoms with Crippen molar-refractivity contribution in [3.8, 4) is 0 Å². The number of ether oxygens (including phenoxy) is 1. The van der Waals surface area contributed by atoms with E-state index in [0.717, 1.165) is 11.1 Å². The highest BCUT2D eigenvalue weighted by Gasteiger charge is 2.14. The van der Waals surface area contributed by atoms with Gasteiger partial charge in [-0.3, -0.25) is 4.79 Å². The van der Waals surface area contributed by atoms with Crippen LogP contribution in [0.1, 0.15) is 44.4 Å². The van der Waals surface area contributed by atoms with Gasteiger partial charge in [-0.1, -0.05) is 38.1 Å². The maximum absolute atomic E-state index is 11.5. The third kappa shape index (κ3) is 3.69. The van der Waals surface area contributed by atoms with E-state index in [1.54, 1.807) is 0 Å². The zero-order valence-electron chi connectivity index (χ0n) is 10.5. The van der Waals surface area contributed by atoms with E-state index in [2.05, 4.69) is 0 Å². The highest BCUT2D eigenvalue weighted by molar-refractivity contribution is 5.69. The second kappa shape index (κ2) is 5.69. The van der Waals surface area contributed by atoms with Gasteiger partial charge in [0.2, 0.25) is 0 Å². The van der Waals surface area contributed by atoms with E-state index in [9.17, 15) is 4.79 Å². The molecule has 1 aromatic rings. The van der Waals surface area contributed by atoms with Crippen molar-refractivity contribution in [3.05, 3.63) is 35.4 Å². The molecule has 0 aliphatic carbocycles. The van der Waals surface area contributed by atoms with Crippen LogP contribution in [0.5, 0.6) is 0 Å². The molecule has 0 amide bonds. The lowest BCUT2D eigenvalue weighted by Gasteiger charge is -2.16. The highest BCUT2D eigenvalue weighted by Crippen LogP contribution is 2.21. The molecule has 0 N–H and O–H groups in total. The fourth-order valence-corrected chi connectivity index (χ4v) is 1.69. The molecular weight excluding hydrogens is 200 g/mol. The molecule has 88 valence electrons.